The number of nitrogen functional groups attached to an aromatic ring is 1. The number of benzene rings is 1. The zero-order valence-electron chi connectivity index (χ0n) is 19.4. The highest BCUT2D eigenvalue weighted by molar-refractivity contribution is 5.94. The molecule has 3 N–H and O–H groups in total. The van der Waals surface area contributed by atoms with Crippen LogP contribution in [0.5, 0.6) is 0 Å². The second-order valence-electron chi connectivity index (χ2n) is 9.16. The fraction of sp³-hybridized carbons (Fsp3) is 0.320. The van der Waals surface area contributed by atoms with E-state index in [4.69, 9.17) is 10.2 Å². The predicted octanol–water partition coefficient (Wildman–Crippen LogP) is 3.53. The van der Waals surface area contributed by atoms with E-state index in [0.717, 1.165) is 31.2 Å². The van der Waals surface area contributed by atoms with Gasteiger partial charge in [-0.2, -0.15) is 14.6 Å². The molecule has 10 nitrogen and oxygen atoms in total. The van der Waals surface area contributed by atoms with Crippen molar-refractivity contribution in [3.05, 3.63) is 60.5 Å². The van der Waals surface area contributed by atoms with E-state index in [-0.39, 0.29) is 17.9 Å². The van der Waals surface area contributed by atoms with Crippen LogP contribution in [0, 0.1) is 0 Å². The Bertz CT molecular complexity index is 1500. The Morgan fingerprint density at radius 2 is 1.89 bits per heavy atom. The summed E-state index contributed by atoms with van der Waals surface area (Å²) in [6.07, 6.45) is 8.65. The molecular weight excluding hydrogens is 444 g/mol. The normalized spacial score (nSPS) is 16.5. The molecular formula is C25H26N8O2. The zero-order chi connectivity index (χ0) is 24.0. The molecule has 1 aliphatic rings. The van der Waals surface area contributed by atoms with Gasteiger partial charge in [0.25, 0.3) is 5.91 Å². The lowest BCUT2D eigenvalue weighted by molar-refractivity contribution is -0.128. The van der Waals surface area contributed by atoms with E-state index in [0.29, 0.717) is 28.3 Å². The average molecular weight is 471 g/mol. The summed E-state index contributed by atoms with van der Waals surface area (Å²) < 4.78 is 8.56. The van der Waals surface area contributed by atoms with Gasteiger partial charge in [-0.1, -0.05) is 49.6 Å². The summed E-state index contributed by atoms with van der Waals surface area (Å²) in [5, 5.41) is 13.0. The maximum absolute atomic E-state index is 13.9. The van der Waals surface area contributed by atoms with Gasteiger partial charge >= 0.3 is 0 Å². The number of hydrogen-bond donors (Lipinski definition) is 2. The first-order valence-electron chi connectivity index (χ1n) is 11.9. The van der Waals surface area contributed by atoms with Gasteiger partial charge in [-0.25, -0.2) is 9.67 Å². The molecule has 1 unspecified atom stereocenters. The van der Waals surface area contributed by atoms with Crippen LogP contribution in [-0.4, -0.2) is 41.3 Å². The molecule has 178 valence electrons. The first-order valence-corrected chi connectivity index (χ1v) is 11.9. The number of fused-ring (bicyclic) bond motifs is 3. The van der Waals surface area contributed by atoms with Crippen molar-refractivity contribution in [2.45, 2.75) is 50.6 Å². The largest absolute Gasteiger partial charge is 0.461 e. The van der Waals surface area contributed by atoms with Crippen molar-refractivity contribution in [3.63, 3.8) is 0 Å². The van der Waals surface area contributed by atoms with E-state index >= 15 is 0 Å². The molecule has 35 heavy (non-hydrogen) atoms. The number of carbonyl (C=O) groups excluding carboxylic acids is 1. The van der Waals surface area contributed by atoms with Gasteiger partial charge in [-0.05, 0) is 37.5 Å². The zero-order valence-corrected chi connectivity index (χ0v) is 19.4. The number of furan rings is 1. The van der Waals surface area contributed by atoms with Gasteiger partial charge in [-0.3, -0.25) is 4.79 Å². The third-order valence-corrected chi connectivity index (χ3v) is 6.91. The Balaban J connectivity index is 1.51. The Morgan fingerprint density at radius 1 is 1.09 bits per heavy atom. The van der Waals surface area contributed by atoms with Gasteiger partial charge in [0.2, 0.25) is 11.8 Å². The lowest BCUT2D eigenvalue weighted by Crippen LogP contribution is -2.51. The topological polar surface area (TPSA) is 129 Å². The fourth-order valence-corrected chi connectivity index (χ4v) is 4.93. The van der Waals surface area contributed by atoms with E-state index in [1.54, 1.807) is 29.3 Å². The molecule has 1 atom stereocenters. The minimum absolute atomic E-state index is 0.126. The molecule has 0 spiro atoms. The molecule has 0 radical (unpaired) electrons. The van der Waals surface area contributed by atoms with Crippen LogP contribution in [0.25, 0.3) is 28.3 Å². The molecule has 1 aromatic carbocycles. The first-order chi connectivity index (χ1) is 17.1. The number of hydrogen-bond acceptors (Lipinski definition) is 7. The molecule has 10 heteroatoms. The monoisotopic (exact) mass is 470 g/mol. The number of rotatable bonds is 5. The summed E-state index contributed by atoms with van der Waals surface area (Å²) >= 11 is 0. The van der Waals surface area contributed by atoms with E-state index in [2.05, 4.69) is 25.5 Å². The van der Waals surface area contributed by atoms with E-state index in [1.807, 2.05) is 37.3 Å². The van der Waals surface area contributed by atoms with Crippen LogP contribution in [0.4, 0.5) is 5.95 Å². The number of anilines is 1. The van der Waals surface area contributed by atoms with E-state index < -0.39 is 5.54 Å². The summed E-state index contributed by atoms with van der Waals surface area (Å²) in [7, 11) is 0. The lowest BCUT2D eigenvalue weighted by Gasteiger charge is -2.33. The maximum atomic E-state index is 13.9. The second kappa shape index (κ2) is 8.23. The quantitative estimate of drug-likeness (QED) is 0.402. The Labute approximate surface area is 201 Å². The predicted molar refractivity (Wildman–Crippen MR) is 130 cm³/mol. The molecule has 0 aliphatic heterocycles. The van der Waals surface area contributed by atoms with Crippen molar-refractivity contribution in [2.75, 3.05) is 5.73 Å². The smallest absolute Gasteiger partial charge is 0.252 e. The summed E-state index contributed by atoms with van der Waals surface area (Å²) in [4.78, 5) is 23.1. The number of nitrogens with one attached hydrogen (secondary N) is 1. The average Bonchev–Trinajstić information content (AvgIpc) is 3.64. The van der Waals surface area contributed by atoms with Crippen LogP contribution in [0.2, 0.25) is 0 Å². The van der Waals surface area contributed by atoms with Crippen LogP contribution < -0.4 is 11.1 Å². The standard InChI is InChI=1S/C25H26N8O2/c1-25(16-9-4-2-5-10-16,23(34)28-17-11-6-3-7-12-17)33-22-18(15-27-33)21-29-20(19-13-8-14-35-19)31-32(21)24(26)30-22/h2,4-5,8-10,13-15,17H,3,6-7,11-12H2,1H3,(H2,26,30)(H,28,34). The number of nitrogens with two attached hydrogens (primary N) is 1. The first kappa shape index (κ1) is 21.3. The van der Waals surface area contributed by atoms with Crippen molar-refractivity contribution in [1.82, 2.24) is 34.7 Å². The Kier molecular flexibility index (Phi) is 5.01. The van der Waals surface area contributed by atoms with Gasteiger partial charge in [0.05, 0.1) is 17.8 Å². The van der Waals surface area contributed by atoms with Crippen molar-refractivity contribution in [2.24, 2.45) is 0 Å². The molecule has 1 fully saturated rings. The molecule has 6 rings (SSSR count). The highest BCUT2D eigenvalue weighted by Gasteiger charge is 2.41. The summed E-state index contributed by atoms with van der Waals surface area (Å²) in [5.74, 6) is 0.931. The van der Waals surface area contributed by atoms with Crippen molar-refractivity contribution < 1.29 is 9.21 Å². The highest BCUT2D eigenvalue weighted by Crippen LogP contribution is 2.32. The highest BCUT2D eigenvalue weighted by atomic mass is 16.3. The van der Waals surface area contributed by atoms with Crippen molar-refractivity contribution in [1.29, 1.82) is 0 Å². The minimum atomic E-state index is -1.15. The molecule has 1 aliphatic carbocycles. The van der Waals surface area contributed by atoms with E-state index in [9.17, 15) is 4.79 Å². The number of aromatic nitrogens is 6. The van der Waals surface area contributed by atoms with Gasteiger partial charge in [0, 0.05) is 6.04 Å². The number of carbonyl (C=O) groups is 1. The van der Waals surface area contributed by atoms with Crippen molar-refractivity contribution >= 4 is 28.5 Å². The van der Waals surface area contributed by atoms with Crippen LogP contribution in [0.3, 0.4) is 0 Å². The molecule has 0 saturated heterocycles. The molecule has 1 amide bonds. The Hall–Kier alpha value is -4.21. The van der Waals surface area contributed by atoms with Crippen molar-refractivity contribution in [3.8, 4) is 11.6 Å². The summed E-state index contributed by atoms with van der Waals surface area (Å²) in [5.41, 5.74) is 6.90. The third-order valence-electron chi connectivity index (χ3n) is 6.91. The molecule has 4 aromatic heterocycles. The van der Waals surface area contributed by atoms with Crippen LogP contribution >= 0.6 is 0 Å². The Morgan fingerprint density at radius 3 is 2.63 bits per heavy atom. The van der Waals surface area contributed by atoms with Gasteiger partial charge in [0.1, 0.15) is 0 Å². The van der Waals surface area contributed by atoms with Crippen LogP contribution in [-0.2, 0) is 10.3 Å². The van der Waals surface area contributed by atoms with Gasteiger partial charge < -0.3 is 15.5 Å². The van der Waals surface area contributed by atoms with E-state index in [1.165, 1.54) is 10.9 Å². The second-order valence-corrected chi connectivity index (χ2v) is 9.16. The maximum Gasteiger partial charge on any atom is 0.252 e. The molecule has 4 heterocycles. The van der Waals surface area contributed by atoms with Gasteiger partial charge in [-0.15, -0.1) is 5.10 Å². The lowest BCUT2D eigenvalue weighted by atomic mass is 9.89. The fourth-order valence-electron chi connectivity index (χ4n) is 4.93. The molecule has 1 saturated carbocycles. The summed E-state index contributed by atoms with van der Waals surface area (Å²) in [6.45, 7) is 1.87. The molecule has 0 bridgehead atoms. The third kappa shape index (κ3) is 3.44. The number of amides is 1. The van der Waals surface area contributed by atoms with Crippen LogP contribution in [0.1, 0.15) is 44.6 Å². The number of nitrogens with zero attached hydrogens (tertiary/aromatic N) is 6. The van der Waals surface area contributed by atoms with Gasteiger partial charge in [0.15, 0.2) is 22.6 Å². The van der Waals surface area contributed by atoms with Crippen LogP contribution in [0.15, 0.2) is 59.3 Å². The molecule has 5 aromatic rings. The minimum Gasteiger partial charge on any atom is -0.461 e. The summed E-state index contributed by atoms with van der Waals surface area (Å²) in [6, 6.07) is 13.3. The SMILES string of the molecule is CC(C(=O)NC1CCCCC1)(c1ccccc1)n1ncc2c1nc(N)n1nc(-c3ccco3)nc21.